The van der Waals surface area contributed by atoms with Crippen molar-refractivity contribution in [2.75, 3.05) is 0 Å². The first-order valence-corrected chi connectivity index (χ1v) is 7.41. The summed E-state index contributed by atoms with van der Waals surface area (Å²) in [6, 6.07) is 13.5. The lowest BCUT2D eigenvalue weighted by Gasteiger charge is -2.13. The van der Waals surface area contributed by atoms with Gasteiger partial charge in [0.05, 0.1) is 10.0 Å². The monoisotopic (exact) mass is 349 g/mol. The Labute approximate surface area is 143 Å². The predicted molar refractivity (Wildman–Crippen MR) is 90.0 cm³/mol. The zero-order valence-electron chi connectivity index (χ0n) is 11.9. The van der Waals surface area contributed by atoms with Gasteiger partial charge in [0.25, 0.3) is 5.91 Å². The highest BCUT2D eigenvalue weighted by Gasteiger charge is 2.21. The second kappa shape index (κ2) is 7.81. The lowest BCUT2D eigenvalue weighted by Crippen LogP contribution is -2.25. The Kier molecular flexibility index (Phi) is 5.79. The van der Waals surface area contributed by atoms with Gasteiger partial charge in [-0.05, 0) is 23.8 Å². The molecule has 0 saturated heterocycles. The molecule has 0 saturated carbocycles. The van der Waals surface area contributed by atoms with Gasteiger partial charge in [-0.15, -0.1) is 0 Å². The molecule has 0 radical (unpaired) electrons. The minimum absolute atomic E-state index is 0.376. The first-order chi connectivity index (χ1) is 11.0. The quantitative estimate of drug-likeness (QED) is 0.659. The molecule has 23 heavy (non-hydrogen) atoms. The number of nitrogens with two attached hydrogens (primary N) is 1. The van der Waals surface area contributed by atoms with E-state index in [0.717, 1.165) is 0 Å². The van der Waals surface area contributed by atoms with Crippen LogP contribution in [0.15, 0.2) is 54.6 Å². The summed E-state index contributed by atoms with van der Waals surface area (Å²) in [6.45, 7) is 0. The van der Waals surface area contributed by atoms with Crippen LogP contribution in [-0.4, -0.2) is 11.9 Å². The molecule has 2 rings (SSSR count). The number of rotatable bonds is 5. The molecule has 0 aliphatic heterocycles. The lowest BCUT2D eigenvalue weighted by molar-refractivity contribution is -0.150. The molecule has 2 aromatic rings. The van der Waals surface area contributed by atoms with Crippen molar-refractivity contribution < 1.29 is 14.3 Å². The average molecular weight is 350 g/mol. The molecule has 0 aliphatic rings. The zero-order valence-corrected chi connectivity index (χ0v) is 13.4. The van der Waals surface area contributed by atoms with Crippen molar-refractivity contribution in [2.45, 2.75) is 6.10 Å². The first-order valence-electron chi connectivity index (χ1n) is 6.65. The summed E-state index contributed by atoms with van der Waals surface area (Å²) >= 11 is 11.7. The number of hydrogen-bond acceptors (Lipinski definition) is 3. The van der Waals surface area contributed by atoms with E-state index in [1.165, 1.54) is 12.2 Å². The van der Waals surface area contributed by atoms with Crippen LogP contribution in [-0.2, 0) is 14.3 Å². The van der Waals surface area contributed by atoms with E-state index in [1.807, 2.05) is 0 Å². The van der Waals surface area contributed by atoms with E-state index in [9.17, 15) is 9.59 Å². The molecular weight excluding hydrogens is 337 g/mol. The van der Waals surface area contributed by atoms with Crippen LogP contribution < -0.4 is 5.73 Å². The summed E-state index contributed by atoms with van der Waals surface area (Å²) in [5.41, 5.74) is 6.47. The minimum Gasteiger partial charge on any atom is -0.444 e. The number of carbonyl (C=O) groups is 2. The average Bonchev–Trinajstić information content (AvgIpc) is 2.54. The summed E-state index contributed by atoms with van der Waals surface area (Å²) in [7, 11) is 0. The van der Waals surface area contributed by atoms with Gasteiger partial charge in [-0.1, -0.05) is 59.6 Å². The van der Waals surface area contributed by atoms with Gasteiger partial charge >= 0.3 is 5.97 Å². The fraction of sp³-hybridized carbons (Fsp3) is 0.0588. The lowest BCUT2D eigenvalue weighted by atomic mass is 10.1. The first kappa shape index (κ1) is 17.1. The molecule has 1 atom stereocenters. The number of ether oxygens (including phenoxy) is 1. The maximum absolute atomic E-state index is 11.9. The Bertz CT molecular complexity index is 745. The van der Waals surface area contributed by atoms with Gasteiger partial charge in [-0.2, -0.15) is 0 Å². The number of halogens is 2. The van der Waals surface area contributed by atoms with Crippen molar-refractivity contribution in [3.8, 4) is 0 Å². The third-order valence-electron chi connectivity index (χ3n) is 2.95. The maximum Gasteiger partial charge on any atom is 0.331 e. The van der Waals surface area contributed by atoms with E-state index in [4.69, 9.17) is 33.7 Å². The van der Waals surface area contributed by atoms with Gasteiger partial charge in [0, 0.05) is 11.6 Å². The minimum atomic E-state index is -1.14. The standard InChI is InChI=1S/C17H13Cl2NO3/c18-13-8-6-11(10-14(13)19)7-9-15(21)23-16(17(20)22)12-4-2-1-3-5-12/h1-10,16H,(H2,20,22)/b9-7+. The maximum atomic E-state index is 11.9. The molecule has 2 N–H and O–H groups in total. The van der Waals surface area contributed by atoms with Crippen molar-refractivity contribution in [1.29, 1.82) is 0 Å². The van der Waals surface area contributed by atoms with Gasteiger partial charge in [0.1, 0.15) is 0 Å². The van der Waals surface area contributed by atoms with Crippen molar-refractivity contribution >= 4 is 41.2 Å². The molecular formula is C17H13Cl2NO3. The fourth-order valence-corrected chi connectivity index (χ4v) is 2.16. The molecule has 6 heteroatoms. The zero-order chi connectivity index (χ0) is 16.8. The molecule has 118 valence electrons. The Morgan fingerprint density at radius 1 is 1.04 bits per heavy atom. The molecule has 0 heterocycles. The largest absolute Gasteiger partial charge is 0.444 e. The fourth-order valence-electron chi connectivity index (χ4n) is 1.85. The van der Waals surface area contributed by atoms with Crippen LogP contribution in [0.1, 0.15) is 17.2 Å². The van der Waals surface area contributed by atoms with Gasteiger partial charge in [0.2, 0.25) is 6.10 Å². The molecule has 2 aromatic carbocycles. The van der Waals surface area contributed by atoms with Crippen molar-refractivity contribution in [3.63, 3.8) is 0 Å². The highest BCUT2D eigenvalue weighted by atomic mass is 35.5. The van der Waals surface area contributed by atoms with Crippen LogP contribution >= 0.6 is 23.2 Å². The van der Waals surface area contributed by atoms with E-state index in [0.29, 0.717) is 21.2 Å². The van der Waals surface area contributed by atoms with E-state index in [2.05, 4.69) is 0 Å². The van der Waals surface area contributed by atoms with Crippen molar-refractivity contribution in [3.05, 3.63) is 75.8 Å². The number of benzene rings is 2. The second-order valence-corrected chi connectivity index (χ2v) is 5.45. The predicted octanol–water partition coefficient (Wildman–Crippen LogP) is 3.78. The highest BCUT2D eigenvalue weighted by molar-refractivity contribution is 6.42. The van der Waals surface area contributed by atoms with E-state index in [-0.39, 0.29) is 0 Å². The summed E-state index contributed by atoms with van der Waals surface area (Å²) in [5.74, 6) is -1.43. The van der Waals surface area contributed by atoms with Crippen LogP contribution in [0, 0.1) is 0 Å². The van der Waals surface area contributed by atoms with Gasteiger partial charge in [-0.3, -0.25) is 4.79 Å². The Hall–Kier alpha value is -2.30. The van der Waals surface area contributed by atoms with Crippen LogP contribution in [0.3, 0.4) is 0 Å². The molecule has 0 spiro atoms. The van der Waals surface area contributed by atoms with Crippen LogP contribution in [0.4, 0.5) is 0 Å². The molecule has 0 aromatic heterocycles. The summed E-state index contributed by atoms with van der Waals surface area (Å²) in [5, 5.41) is 0.797. The third-order valence-corrected chi connectivity index (χ3v) is 3.69. The second-order valence-electron chi connectivity index (χ2n) is 4.64. The summed E-state index contributed by atoms with van der Waals surface area (Å²) < 4.78 is 5.11. The van der Waals surface area contributed by atoms with Gasteiger partial charge < -0.3 is 10.5 Å². The van der Waals surface area contributed by atoms with E-state index in [1.54, 1.807) is 48.5 Å². The van der Waals surface area contributed by atoms with Gasteiger partial charge in [-0.25, -0.2) is 4.79 Å². The number of amides is 1. The molecule has 1 unspecified atom stereocenters. The van der Waals surface area contributed by atoms with E-state index >= 15 is 0 Å². The number of hydrogen-bond donors (Lipinski definition) is 1. The van der Waals surface area contributed by atoms with Crippen molar-refractivity contribution in [2.24, 2.45) is 5.73 Å². The van der Waals surface area contributed by atoms with Gasteiger partial charge in [0.15, 0.2) is 0 Å². The Morgan fingerprint density at radius 2 is 1.74 bits per heavy atom. The smallest absolute Gasteiger partial charge is 0.331 e. The SMILES string of the molecule is NC(=O)C(OC(=O)/C=C/c1ccc(Cl)c(Cl)c1)c1ccccc1. The number of carbonyl (C=O) groups excluding carboxylic acids is 2. The van der Waals surface area contributed by atoms with Crippen LogP contribution in [0.5, 0.6) is 0 Å². The van der Waals surface area contributed by atoms with Crippen LogP contribution in [0.2, 0.25) is 10.0 Å². The molecule has 0 fully saturated rings. The molecule has 4 nitrogen and oxygen atoms in total. The summed E-state index contributed by atoms with van der Waals surface area (Å²) in [4.78, 5) is 23.4. The van der Waals surface area contributed by atoms with E-state index < -0.39 is 18.0 Å². The molecule has 0 bridgehead atoms. The molecule has 1 amide bonds. The number of primary amides is 1. The van der Waals surface area contributed by atoms with Crippen LogP contribution in [0.25, 0.3) is 6.08 Å². The Balaban J connectivity index is 2.09. The third kappa shape index (κ3) is 4.84. The van der Waals surface area contributed by atoms with Crippen molar-refractivity contribution in [1.82, 2.24) is 0 Å². The summed E-state index contributed by atoms with van der Waals surface area (Å²) in [6.07, 6.45) is 1.56. The number of esters is 1. The topological polar surface area (TPSA) is 69.4 Å². The highest BCUT2D eigenvalue weighted by Crippen LogP contribution is 2.23. The molecule has 0 aliphatic carbocycles. The Morgan fingerprint density at radius 3 is 2.35 bits per heavy atom. The normalized spacial score (nSPS) is 12.1.